The number of hydrogen-bond donors (Lipinski definition) is 1. The standard InChI is InChI=1S/C23H32BrNO/c1-17-9-7-8-10-18(17)15-26-21-12-11-20(24)13-19(21)14-25-23(5,6)16-22(2,3)4/h7-13,25H,14-16H2,1-6H3. The van der Waals surface area contributed by atoms with Crippen LogP contribution in [0.25, 0.3) is 0 Å². The number of rotatable bonds is 7. The van der Waals surface area contributed by atoms with Crippen LogP contribution in [-0.4, -0.2) is 5.54 Å². The molecule has 2 nitrogen and oxygen atoms in total. The molecule has 0 spiro atoms. The maximum atomic E-state index is 6.16. The summed E-state index contributed by atoms with van der Waals surface area (Å²) in [6.07, 6.45) is 1.10. The molecular weight excluding hydrogens is 386 g/mol. The molecule has 0 aliphatic carbocycles. The second-order valence-electron chi connectivity index (χ2n) is 8.94. The number of benzene rings is 2. The average Bonchev–Trinajstić information content (AvgIpc) is 2.51. The van der Waals surface area contributed by atoms with Gasteiger partial charge in [-0.1, -0.05) is 61.0 Å². The van der Waals surface area contributed by atoms with Gasteiger partial charge in [0.25, 0.3) is 0 Å². The molecule has 3 heteroatoms. The lowest BCUT2D eigenvalue weighted by atomic mass is 9.82. The summed E-state index contributed by atoms with van der Waals surface area (Å²) in [6, 6.07) is 14.6. The molecule has 2 rings (SSSR count). The largest absolute Gasteiger partial charge is 0.489 e. The van der Waals surface area contributed by atoms with Crippen molar-refractivity contribution < 1.29 is 4.74 Å². The van der Waals surface area contributed by atoms with Crippen molar-refractivity contribution in [2.45, 2.75) is 66.7 Å². The third-order valence-corrected chi connectivity index (χ3v) is 4.89. The van der Waals surface area contributed by atoms with Crippen LogP contribution in [0.2, 0.25) is 0 Å². The van der Waals surface area contributed by atoms with E-state index in [9.17, 15) is 0 Å². The lowest BCUT2D eigenvalue weighted by Gasteiger charge is -2.33. The number of nitrogens with one attached hydrogen (secondary N) is 1. The molecule has 0 unspecified atom stereocenters. The number of aryl methyl sites for hydroxylation is 1. The Hall–Kier alpha value is -1.32. The van der Waals surface area contributed by atoms with Gasteiger partial charge in [-0.2, -0.15) is 0 Å². The van der Waals surface area contributed by atoms with Crippen molar-refractivity contribution >= 4 is 15.9 Å². The molecule has 0 radical (unpaired) electrons. The molecule has 0 heterocycles. The van der Waals surface area contributed by atoms with Gasteiger partial charge < -0.3 is 10.1 Å². The summed E-state index contributed by atoms with van der Waals surface area (Å²) in [7, 11) is 0. The third kappa shape index (κ3) is 6.77. The van der Waals surface area contributed by atoms with Crippen molar-refractivity contribution in [1.82, 2.24) is 5.32 Å². The van der Waals surface area contributed by atoms with E-state index in [-0.39, 0.29) is 11.0 Å². The average molecular weight is 418 g/mol. The highest BCUT2D eigenvalue weighted by Crippen LogP contribution is 2.29. The Morgan fingerprint density at radius 3 is 2.31 bits per heavy atom. The summed E-state index contributed by atoms with van der Waals surface area (Å²) < 4.78 is 7.24. The Labute approximate surface area is 167 Å². The fourth-order valence-corrected chi connectivity index (χ4v) is 3.89. The number of halogens is 1. The second kappa shape index (κ2) is 8.58. The van der Waals surface area contributed by atoms with E-state index < -0.39 is 0 Å². The van der Waals surface area contributed by atoms with Crippen molar-refractivity contribution in [2.24, 2.45) is 5.41 Å². The van der Waals surface area contributed by atoms with Crippen LogP contribution in [0.4, 0.5) is 0 Å². The quantitative estimate of drug-likeness (QED) is 0.544. The second-order valence-corrected chi connectivity index (χ2v) is 9.86. The molecule has 1 N–H and O–H groups in total. The molecule has 0 amide bonds. The highest BCUT2D eigenvalue weighted by Gasteiger charge is 2.25. The zero-order valence-electron chi connectivity index (χ0n) is 16.9. The normalized spacial score (nSPS) is 12.3. The van der Waals surface area contributed by atoms with Crippen LogP contribution in [0.1, 0.15) is 57.7 Å². The highest BCUT2D eigenvalue weighted by atomic mass is 79.9. The van der Waals surface area contributed by atoms with E-state index >= 15 is 0 Å². The van der Waals surface area contributed by atoms with Gasteiger partial charge in [-0.05, 0) is 61.9 Å². The molecule has 142 valence electrons. The van der Waals surface area contributed by atoms with Crippen molar-refractivity contribution in [1.29, 1.82) is 0 Å². The first-order valence-electron chi connectivity index (χ1n) is 9.26. The Kier molecular flexibility index (Phi) is 6.92. The van der Waals surface area contributed by atoms with E-state index in [0.717, 1.165) is 23.2 Å². The predicted octanol–water partition coefficient (Wildman–Crippen LogP) is 6.64. The highest BCUT2D eigenvalue weighted by molar-refractivity contribution is 9.10. The number of ether oxygens (including phenoxy) is 1. The molecule has 0 atom stereocenters. The molecule has 0 fully saturated rings. The molecule has 26 heavy (non-hydrogen) atoms. The van der Waals surface area contributed by atoms with Crippen LogP contribution in [0.5, 0.6) is 5.75 Å². The Balaban J connectivity index is 2.08. The maximum Gasteiger partial charge on any atom is 0.124 e. The molecule has 0 bridgehead atoms. The van der Waals surface area contributed by atoms with Gasteiger partial charge >= 0.3 is 0 Å². The fraction of sp³-hybridized carbons (Fsp3) is 0.478. The molecule has 0 aliphatic rings. The summed E-state index contributed by atoms with van der Waals surface area (Å²) in [5.74, 6) is 0.940. The van der Waals surface area contributed by atoms with Crippen LogP contribution in [0.15, 0.2) is 46.9 Å². The molecule has 0 aliphatic heterocycles. The van der Waals surface area contributed by atoms with Gasteiger partial charge in [0.2, 0.25) is 0 Å². The first-order chi connectivity index (χ1) is 12.1. The van der Waals surface area contributed by atoms with E-state index in [1.54, 1.807) is 0 Å². The molecule has 2 aromatic rings. The van der Waals surface area contributed by atoms with Crippen molar-refractivity contribution in [3.05, 3.63) is 63.6 Å². The van der Waals surface area contributed by atoms with Crippen LogP contribution >= 0.6 is 15.9 Å². The van der Waals surface area contributed by atoms with Gasteiger partial charge in [0.1, 0.15) is 12.4 Å². The molecule has 0 saturated heterocycles. The first-order valence-corrected chi connectivity index (χ1v) is 10.1. The SMILES string of the molecule is Cc1ccccc1COc1ccc(Br)cc1CNC(C)(C)CC(C)(C)C. The minimum atomic E-state index is 0.0633. The smallest absolute Gasteiger partial charge is 0.124 e. The lowest BCUT2D eigenvalue weighted by Crippen LogP contribution is -2.41. The minimum Gasteiger partial charge on any atom is -0.489 e. The van der Waals surface area contributed by atoms with Crippen LogP contribution in [0, 0.1) is 12.3 Å². The lowest BCUT2D eigenvalue weighted by molar-refractivity contribution is 0.238. The van der Waals surface area contributed by atoms with E-state index in [1.807, 2.05) is 6.07 Å². The molecule has 0 saturated carbocycles. The van der Waals surface area contributed by atoms with E-state index in [0.29, 0.717) is 6.61 Å². The zero-order chi connectivity index (χ0) is 19.4. The van der Waals surface area contributed by atoms with Gasteiger partial charge in [-0.3, -0.25) is 0 Å². The topological polar surface area (TPSA) is 21.3 Å². The van der Waals surface area contributed by atoms with Crippen LogP contribution in [-0.2, 0) is 13.2 Å². The number of hydrogen-bond acceptors (Lipinski definition) is 2. The minimum absolute atomic E-state index is 0.0633. The van der Waals surface area contributed by atoms with E-state index in [4.69, 9.17) is 4.74 Å². The Morgan fingerprint density at radius 1 is 0.962 bits per heavy atom. The summed E-state index contributed by atoms with van der Waals surface area (Å²) in [6.45, 7) is 14.9. The summed E-state index contributed by atoms with van der Waals surface area (Å²) >= 11 is 3.59. The van der Waals surface area contributed by atoms with Gasteiger partial charge in [-0.15, -0.1) is 0 Å². The maximum absolute atomic E-state index is 6.16. The first kappa shape index (κ1) is 21.0. The van der Waals surface area contributed by atoms with Gasteiger partial charge in [0, 0.05) is 22.1 Å². The van der Waals surface area contributed by atoms with E-state index in [2.05, 4.69) is 99.2 Å². The molecule has 0 aromatic heterocycles. The van der Waals surface area contributed by atoms with E-state index in [1.165, 1.54) is 16.7 Å². The third-order valence-electron chi connectivity index (χ3n) is 4.40. The summed E-state index contributed by atoms with van der Waals surface area (Å²) in [5, 5.41) is 3.71. The molecule has 2 aromatic carbocycles. The Morgan fingerprint density at radius 2 is 1.65 bits per heavy atom. The predicted molar refractivity (Wildman–Crippen MR) is 115 cm³/mol. The Bertz CT molecular complexity index is 731. The van der Waals surface area contributed by atoms with Gasteiger partial charge in [0.05, 0.1) is 0 Å². The van der Waals surface area contributed by atoms with Crippen LogP contribution in [0.3, 0.4) is 0 Å². The summed E-state index contributed by atoms with van der Waals surface area (Å²) in [4.78, 5) is 0. The van der Waals surface area contributed by atoms with Crippen molar-refractivity contribution in [3.63, 3.8) is 0 Å². The molecular formula is C23H32BrNO. The fourth-order valence-electron chi connectivity index (χ4n) is 3.48. The summed E-state index contributed by atoms with van der Waals surface area (Å²) in [5.41, 5.74) is 4.01. The van der Waals surface area contributed by atoms with Crippen LogP contribution < -0.4 is 10.1 Å². The zero-order valence-corrected chi connectivity index (χ0v) is 18.5. The van der Waals surface area contributed by atoms with Gasteiger partial charge in [0.15, 0.2) is 0 Å². The monoisotopic (exact) mass is 417 g/mol. The van der Waals surface area contributed by atoms with Crippen molar-refractivity contribution in [2.75, 3.05) is 0 Å². The van der Waals surface area contributed by atoms with Gasteiger partial charge in [-0.25, -0.2) is 0 Å². The van der Waals surface area contributed by atoms with Crippen molar-refractivity contribution in [3.8, 4) is 5.75 Å².